The van der Waals surface area contributed by atoms with Gasteiger partial charge in [-0.15, -0.1) is 0 Å². The van der Waals surface area contributed by atoms with Gasteiger partial charge in [0.1, 0.15) is 0 Å². The molecule has 6 nitrogen and oxygen atoms in total. The molecule has 1 atom stereocenters. The Morgan fingerprint density at radius 1 is 1.16 bits per heavy atom. The first-order valence-electron chi connectivity index (χ1n) is 8.26. The zero-order valence-electron chi connectivity index (χ0n) is 14.9. The summed E-state index contributed by atoms with van der Waals surface area (Å²) in [6.07, 6.45) is 1.74. The SMILES string of the molecule is CC(NC(=NCc1ccccn1)NCC(=O)N(C)C)c1ccccc1. The third-order valence-corrected chi connectivity index (χ3v) is 3.68. The zero-order chi connectivity index (χ0) is 18.1. The van der Waals surface area contributed by atoms with Crippen molar-refractivity contribution in [2.45, 2.75) is 19.5 Å². The largest absolute Gasteiger partial charge is 0.350 e. The normalized spacial score (nSPS) is 12.4. The van der Waals surface area contributed by atoms with Crippen molar-refractivity contribution in [3.63, 3.8) is 0 Å². The number of carbonyl (C=O) groups is 1. The second-order valence-electron chi connectivity index (χ2n) is 5.90. The number of aliphatic imine (C=N–C) groups is 1. The molecule has 1 aromatic carbocycles. The van der Waals surface area contributed by atoms with Gasteiger partial charge in [0, 0.05) is 20.3 Å². The fraction of sp³-hybridized carbons (Fsp3) is 0.316. The second-order valence-corrected chi connectivity index (χ2v) is 5.90. The summed E-state index contributed by atoms with van der Waals surface area (Å²) in [6.45, 7) is 2.68. The lowest BCUT2D eigenvalue weighted by molar-refractivity contribution is -0.127. The molecular weight excluding hydrogens is 314 g/mol. The molecule has 1 aromatic heterocycles. The molecule has 1 unspecified atom stereocenters. The maximum atomic E-state index is 11.8. The molecule has 1 amide bonds. The van der Waals surface area contributed by atoms with E-state index in [9.17, 15) is 4.79 Å². The third kappa shape index (κ3) is 6.25. The van der Waals surface area contributed by atoms with E-state index >= 15 is 0 Å². The van der Waals surface area contributed by atoms with Gasteiger partial charge in [-0.2, -0.15) is 0 Å². The van der Waals surface area contributed by atoms with E-state index in [-0.39, 0.29) is 18.5 Å². The van der Waals surface area contributed by atoms with Crippen LogP contribution in [0.15, 0.2) is 59.7 Å². The van der Waals surface area contributed by atoms with Gasteiger partial charge in [0.25, 0.3) is 0 Å². The highest BCUT2D eigenvalue weighted by Gasteiger charge is 2.10. The molecule has 0 aliphatic heterocycles. The molecule has 0 fully saturated rings. The van der Waals surface area contributed by atoms with E-state index in [0.29, 0.717) is 12.5 Å². The van der Waals surface area contributed by atoms with Gasteiger partial charge in [0.2, 0.25) is 5.91 Å². The Morgan fingerprint density at radius 3 is 2.52 bits per heavy atom. The molecule has 0 spiro atoms. The lowest BCUT2D eigenvalue weighted by Gasteiger charge is -2.19. The second kappa shape index (κ2) is 9.42. The van der Waals surface area contributed by atoms with Crippen LogP contribution < -0.4 is 10.6 Å². The first-order chi connectivity index (χ1) is 12.1. The van der Waals surface area contributed by atoms with Crippen LogP contribution in [0, 0.1) is 0 Å². The summed E-state index contributed by atoms with van der Waals surface area (Å²) < 4.78 is 0. The molecule has 0 aliphatic carbocycles. The molecule has 6 heteroatoms. The van der Waals surface area contributed by atoms with E-state index in [1.807, 2.05) is 36.4 Å². The highest BCUT2D eigenvalue weighted by molar-refractivity contribution is 5.86. The van der Waals surface area contributed by atoms with E-state index in [2.05, 4.69) is 39.7 Å². The Morgan fingerprint density at radius 2 is 1.88 bits per heavy atom. The van der Waals surface area contributed by atoms with Crippen molar-refractivity contribution in [1.29, 1.82) is 0 Å². The van der Waals surface area contributed by atoms with Crippen LogP contribution in [-0.4, -0.2) is 42.4 Å². The lowest BCUT2D eigenvalue weighted by Crippen LogP contribution is -2.43. The number of hydrogen-bond acceptors (Lipinski definition) is 3. The molecule has 1 heterocycles. The molecule has 0 bridgehead atoms. The average Bonchev–Trinajstić information content (AvgIpc) is 2.65. The van der Waals surface area contributed by atoms with E-state index < -0.39 is 0 Å². The molecule has 0 saturated carbocycles. The highest BCUT2D eigenvalue weighted by atomic mass is 16.2. The van der Waals surface area contributed by atoms with Crippen molar-refractivity contribution in [3.8, 4) is 0 Å². The molecule has 2 aromatic rings. The molecule has 0 radical (unpaired) electrons. The summed E-state index contributed by atoms with van der Waals surface area (Å²) >= 11 is 0. The van der Waals surface area contributed by atoms with Gasteiger partial charge >= 0.3 is 0 Å². The predicted octanol–water partition coefficient (Wildman–Crippen LogP) is 1.97. The first-order valence-corrected chi connectivity index (χ1v) is 8.26. The molecule has 0 saturated heterocycles. The molecule has 25 heavy (non-hydrogen) atoms. The fourth-order valence-corrected chi connectivity index (χ4v) is 2.15. The van der Waals surface area contributed by atoms with Gasteiger partial charge in [-0.05, 0) is 24.6 Å². The number of likely N-dealkylation sites (N-methyl/N-ethyl adjacent to an activating group) is 1. The number of amides is 1. The van der Waals surface area contributed by atoms with Crippen molar-refractivity contribution in [2.75, 3.05) is 20.6 Å². The molecular formula is C19H25N5O. The first kappa shape index (κ1) is 18.4. The van der Waals surface area contributed by atoms with E-state index in [4.69, 9.17) is 0 Å². The van der Waals surface area contributed by atoms with Gasteiger partial charge < -0.3 is 15.5 Å². The van der Waals surface area contributed by atoms with Gasteiger partial charge in [-0.25, -0.2) is 4.99 Å². The van der Waals surface area contributed by atoms with Crippen LogP contribution in [-0.2, 0) is 11.3 Å². The van der Waals surface area contributed by atoms with Crippen LogP contribution in [0.3, 0.4) is 0 Å². The van der Waals surface area contributed by atoms with Crippen LogP contribution in [0.4, 0.5) is 0 Å². The van der Waals surface area contributed by atoms with E-state index in [0.717, 1.165) is 11.3 Å². The molecule has 0 aliphatic rings. The summed E-state index contributed by atoms with van der Waals surface area (Å²) in [6, 6.07) is 15.9. The van der Waals surface area contributed by atoms with Gasteiger partial charge in [-0.1, -0.05) is 36.4 Å². The lowest BCUT2D eigenvalue weighted by atomic mass is 10.1. The van der Waals surface area contributed by atoms with Gasteiger partial charge in [0.15, 0.2) is 5.96 Å². The monoisotopic (exact) mass is 339 g/mol. The number of rotatable bonds is 6. The minimum Gasteiger partial charge on any atom is -0.350 e. The summed E-state index contributed by atoms with van der Waals surface area (Å²) in [7, 11) is 3.46. The Hall–Kier alpha value is -2.89. The van der Waals surface area contributed by atoms with Crippen molar-refractivity contribution in [3.05, 3.63) is 66.0 Å². The van der Waals surface area contributed by atoms with Crippen LogP contribution in [0.25, 0.3) is 0 Å². The van der Waals surface area contributed by atoms with Crippen LogP contribution in [0.2, 0.25) is 0 Å². The standard InChI is InChI=1S/C19H25N5O/c1-15(16-9-5-4-6-10-16)23-19(22-14-18(25)24(2)3)21-13-17-11-7-8-12-20-17/h4-12,15H,13-14H2,1-3H3,(H2,21,22,23). The topological polar surface area (TPSA) is 69.6 Å². The number of aromatic nitrogens is 1. The third-order valence-electron chi connectivity index (χ3n) is 3.68. The molecule has 2 N–H and O–H groups in total. The van der Waals surface area contributed by atoms with Crippen LogP contribution >= 0.6 is 0 Å². The number of carbonyl (C=O) groups excluding carboxylic acids is 1. The smallest absolute Gasteiger partial charge is 0.241 e. The fourth-order valence-electron chi connectivity index (χ4n) is 2.15. The Bertz CT molecular complexity index is 685. The summed E-state index contributed by atoms with van der Waals surface area (Å²) in [4.78, 5) is 22.2. The Balaban J connectivity index is 2.06. The summed E-state index contributed by atoms with van der Waals surface area (Å²) in [5.74, 6) is 0.567. The minimum atomic E-state index is -0.0142. The maximum absolute atomic E-state index is 11.8. The summed E-state index contributed by atoms with van der Waals surface area (Å²) in [5, 5.41) is 6.43. The number of benzene rings is 1. The number of nitrogens with zero attached hydrogens (tertiary/aromatic N) is 3. The average molecular weight is 339 g/mol. The molecule has 132 valence electrons. The Labute approximate surface area is 149 Å². The van der Waals surface area contributed by atoms with Crippen molar-refractivity contribution in [2.24, 2.45) is 4.99 Å². The number of guanidine groups is 1. The van der Waals surface area contributed by atoms with Crippen molar-refractivity contribution < 1.29 is 4.79 Å². The zero-order valence-corrected chi connectivity index (χ0v) is 14.9. The van der Waals surface area contributed by atoms with E-state index in [1.54, 1.807) is 25.2 Å². The summed E-state index contributed by atoms with van der Waals surface area (Å²) in [5.41, 5.74) is 2.02. The number of hydrogen-bond donors (Lipinski definition) is 2. The number of nitrogens with one attached hydrogen (secondary N) is 2. The maximum Gasteiger partial charge on any atom is 0.241 e. The quantitative estimate of drug-likeness (QED) is 0.624. The van der Waals surface area contributed by atoms with Gasteiger partial charge in [-0.3, -0.25) is 9.78 Å². The van der Waals surface area contributed by atoms with Crippen molar-refractivity contribution in [1.82, 2.24) is 20.5 Å². The predicted molar refractivity (Wildman–Crippen MR) is 100 cm³/mol. The van der Waals surface area contributed by atoms with Crippen LogP contribution in [0.1, 0.15) is 24.2 Å². The minimum absolute atomic E-state index is 0.0142. The highest BCUT2D eigenvalue weighted by Crippen LogP contribution is 2.10. The molecule has 2 rings (SSSR count). The van der Waals surface area contributed by atoms with Crippen molar-refractivity contribution >= 4 is 11.9 Å². The number of pyridine rings is 1. The Kier molecular flexibility index (Phi) is 6.95. The van der Waals surface area contributed by atoms with Crippen LogP contribution in [0.5, 0.6) is 0 Å². The van der Waals surface area contributed by atoms with E-state index in [1.165, 1.54) is 0 Å². The van der Waals surface area contributed by atoms with Gasteiger partial charge in [0.05, 0.1) is 24.8 Å².